The monoisotopic (exact) mass is 371 g/mol. The number of nitrogens with one attached hydrogen (secondary N) is 1. The van der Waals surface area contributed by atoms with Crippen molar-refractivity contribution in [3.05, 3.63) is 62.8 Å². The molecule has 0 saturated carbocycles. The summed E-state index contributed by atoms with van der Waals surface area (Å²) in [5, 5.41) is 3.16. The normalized spacial score (nSPS) is 12.2. The van der Waals surface area contributed by atoms with Gasteiger partial charge in [-0.15, -0.1) is 0 Å². The van der Waals surface area contributed by atoms with Crippen molar-refractivity contribution in [3.63, 3.8) is 0 Å². The molecule has 0 amide bonds. The molecular formula is C14H12Br2FN. The zero-order chi connectivity index (χ0) is 13.1. The van der Waals surface area contributed by atoms with Crippen LogP contribution in [0.15, 0.2) is 51.4 Å². The molecule has 0 saturated heterocycles. The number of benzene rings is 2. The second-order valence-electron chi connectivity index (χ2n) is 4.04. The van der Waals surface area contributed by atoms with E-state index in [0.717, 1.165) is 14.5 Å². The SMILES string of the molecule is CC(Nc1ccc(Br)cc1F)c1ccc(Br)cc1. The third kappa shape index (κ3) is 3.33. The van der Waals surface area contributed by atoms with E-state index >= 15 is 0 Å². The molecule has 0 aromatic heterocycles. The van der Waals surface area contributed by atoms with Gasteiger partial charge in [0.2, 0.25) is 0 Å². The predicted molar refractivity (Wildman–Crippen MR) is 80.3 cm³/mol. The molecule has 1 atom stereocenters. The van der Waals surface area contributed by atoms with Crippen LogP contribution in [0.1, 0.15) is 18.5 Å². The summed E-state index contributed by atoms with van der Waals surface area (Å²) in [7, 11) is 0. The van der Waals surface area contributed by atoms with Gasteiger partial charge in [0.25, 0.3) is 0 Å². The quantitative estimate of drug-likeness (QED) is 0.747. The lowest BCUT2D eigenvalue weighted by molar-refractivity contribution is 0.626. The van der Waals surface area contributed by atoms with Gasteiger partial charge in [0.15, 0.2) is 0 Å². The van der Waals surface area contributed by atoms with E-state index in [4.69, 9.17) is 0 Å². The molecule has 2 rings (SSSR count). The first-order chi connectivity index (χ1) is 8.56. The van der Waals surface area contributed by atoms with Crippen molar-refractivity contribution in [1.29, 1.82) is 0 Å². The summed E-state index contributed by atoms with van der Waals surface area (Å²) in [5.74, 6) is -0.256. The highest BCUT2D eigenvalue weighted by Crippen LogP contribution is 2.24. The zero-order valence-corrected chi connectivity index (χ0v) is 12.9. The molecule has 2 aromatic carbocycles. The molecular weight excluding hydrogens is 361 g/mol. The van der Waals surface area contributed by atoms with Crippen molar-refractivity contribution >= 4 is 37.5 Å². The topological polar surface area (TPSA) is 12.0 Å². The average Bonchev–Trinajstić information content (AvgIpc) is 2.33. The Morgan fingerprint density at radius 2 is 1.61 bits per heavy atom. The lowest BCUT2D eigenvalue weighted by atomic mass is 10.1. The fraction of sp³-hybridized carbons (Fsp3) is 0.143. The molecule has 1 unspecified atom stereocenters. The van der Waals surface area contributed by atoms with Crippen LogP contribution in [-0.2, 0) is 0 Å². The van der Waals surface area contributed by atoms with E-state index in [1.165, 1.54) is 6.07 Å². The third-order valence-corrected chi connectivity index (χ3v) is 3.70. The molecule has 4 heteroatoms. The van der Waals surface area contributed by atoms with Gasteiger partial charge in [-0.25, -0.2) is 4.39 Å². The van der Waals surface area contributed by atoms with Crippen molar-refractivity contribution in [2.75, 3.05) is 5.32 Å². The molecule has 0 aliphatic heterocycles. The van der Waals surface area contributed by atoms with Gasteiger partial charge in [-0.1, -0.05) is 44.0 Å². The highest BCUT2D eigenvalue weighted by molar-refractivity contribution is 9.10. The maximum atomic E-state index is 13.7. The molecule has 0 aliphatic carbocycles. The summed E-state index contributed by atoms with van der Waals surface area (Å²) in [4.78, 5) is 0. The lowest BCUT2D eigenvalue weighted by Crippen LogP contribution is -2.07. The van der Waals surface area contributed by atoms with E-state index < -0.39 is 0 Å². The molecule has 18 heavy (non-hydrogen) atoms. The van der Waals surface area contributed by atoms with Gasteiger partial charge in [0.05, 0.1) is 5.69 Å². The molecule has 1 nitrogen and oxygen atoms in total. The van der Waals surface area contributed by atoms with Crippen molar-refractivity contribution < 1.29 is 4.39 Å². The Kier molecular flexibility index (Phi) is 4.40. The average molecular weight is 373 g/mol. The molecule has 94 valence electrons. The van der Waals surface area contributed by atoms with Gasteiger partial charge < -0.3 is 5.32 Å². The predicted octanol–water partition coefficient (Wildman–Crippen LogP) is 5.52. The van der Waals surface area contributed by atoms with Crippen LogP contribution in [0, 0.1) is 5.82 Å². The molecule has 0 spiro atoms. The van der Waals surface area contributed by atoms with Gasteiger partial charge in [-0.2, -0.15) is 0 Å². The second-order valence-corrected chi connectivity index (χ2v) is 5.87. The number of rotatable bonds is 3. The Morgan fingerprint density at radius 1 is 1.00 bits per heavy atom. The minimum absolute atomic E-state index is 0.0498. The number of hydrogen-bond acceptors (Lipinski definition) is 1. The maximum absolute atomic E-state index is 13.7. The van der Waals surface area contributed by atoms with Crippen LogP contribution in [0.5, 0.6) is 0 Å². The van der Waals surface area contributed by atoms with Crippen LogP contribution in [0.25, 0.3) is 0 Å². The van der Waals surface area contributed by atoms with Crippen LogP contribution in [0.4, 0.5) is 10.1 Å². The number of hydrogen-bond donors (Lipinski definition) is 1. The number of halogens is 3. The molecule has 2 aromatic rings. The first-order valence-corrected chi connectivity index (χ1v) is 7.12. The molecule has 0 bridgehead atoms. The Bertz CT molecular complexity index is 540. The summed E-state index contributed by atoms with van der Waals surface area (Å²) < 4.78 is 15.5. The zero-order valence-electron chi connectivity index (χ0n) is 9.75. The summed E-state index contributed by atoms with van der Waals surface area (Å²) in [6, 6.07) is 13.0. The van der Waals surface area contributed by atoms with Gasteiger partial charge in [0, 0.05) is 15.0 Å². The summed E-state index contributed by atoms with van der Waals surface area (Å²) in [5.41, 5.74) is 1.62. The van der Waals surface area contributed by atoms with Crippen LogP contribution < -0.4 is 5.32 Å². The Morgan fingerprint density at radius 3 is 2.22 bits per heavy atom. The second kappa shape index (κ2) is 5.85. The molecule has 0 heterocycles. The smallest absolute Gasteiger partial charge is 0.147 e. The van der Waals surface area contributed by atoms with E-state index in [1.54, 1.807) is 6.07 Å². The van der Waals surface area contributed by atoms with E-state index in [0.29, 0.717) is 5.69 Å². The van der Waals surface area contributed by atoms with Crippen LogP contribution in [-0.4, -0.2) is 0 Å². The van der Waals surface area contributed by atoms with Crippen molar-refractivity contribution in [3.8, 4) is 0 Å². The van der Waals surface area contributed by atoms with Gasteiger partial charge >= 0.3 is 0 Å². The first kappa shape index (κ1) is 13.6. The summed E-state index contributed by atoms with van der Waals surface area (Å²) >= 11 is 6.64. The Hall–Kier alpha value is -0.870. The van der Waals surface area contributed by atoms with E-state index in [9.17, 15) is 4.39 Å². The van der Waals surface area contributed by atoms with Gasteiger partial charge in [-0.3, -0.25) is 0 Å². The highest BCUT2D eigenvalue weighted by atomic mass is 79.9. The van der Waals surface area contributed by atoms with Crippen LogP contribution in [0.3, 0.4) is 0 Å². The minimum Gasteiger partial charge on any atom is -0.376 e. The largest absolute Gasteiger partial charge is 0.376 e. The lowest BCUT2D eigenvalue weighted by Gasteiger charge is -2.16. The summed E-state index contributed by atoms with van der Waals surface area (Å²) in [6.45, 7) is 2.00. The van der Waals surface area contributed by atoms with Crippen molar-refractivity contribution in [2.24, 2.45) is 0 Å². The molecule has 0 radical (unpaired) electrons. The molecule has 0 aliphatic rings. The first-order valence-electron chi connectivity index (χ1n) is 5.53. The Balaban J connectivity index is 2.15. The maximum Gasteiger partial charge on any atom is 0.147 e. The standard InChI is InChI=1S/C14H12Br2FN/c1-9(10-2-4-11(15)5-3-10)18-14-7-6-12(16)8-13(14)17/h2-9,18H,1H3. The third-order valence-electron chi connectivity index (χ3n) is 2.67. The summed E-state index contributed by atoms with van der Waals surface area (Å²) in [6.07, 6.45) is 0. The minimum atomic E-state index is -0.256. The van der Waals surface area contributed by atoms with E-state index in [2.05, 4.69) is 37.2 Å². The van der Waals surface area contributed by atoms with E-state index in [1.807, 2.05) is 37.3 Å². The Labute approximate surface area is 123 Å². The van der Waals surface area contributed by atoms with Gasteiger partial charge in [0.1, 0.15) is 5.82 Å². The fourth-order valence-corrected chi connectivity index (χ4v) is 2.27. The van der Waals surface area contributed by atoms with Crippen molar-refractivity contribution in [2.45, 2.75) is 13.0 Å². The molecule has 0 fully saturated rings. The van der Waals surface area contributed by atoms with Crippen molar-refractivity contribution in [1.82, 2.24) is 0 Å². The highest BCUT2D eigenvalue weighted by Gasteiger charge is 2.08. The molecule has 1 N–H and O–H groups in total. The fourth-order valence-electron chi connectivity index (χ4n) is 1.67. The van der Waals surface area contributed by atoms with Crippen LogP contribution in [0.2, 0.25) is 0 Å². The van der Waals surface area contributed by atoms with Gasteiger partial charge in [-0.05, 0) is 42.8 Å². The van der Waals surface area contributed by atoms with E-state index in [-0.39, 0.29) is 11.9 Å². The van der Waals surface area contributed by atoms with Crippen LogP contribution >= 0.6 is 31.9 Å². The number of anilines is 1.